The second-order valence-electron chi connectivity index (χ2n) is 7.17. The number of benzene rings is 3. The van der Waals surface area contributed by atoms with Crippen LogP contribution in [0.25, 0.3) is 11.1 Å². The van der Waals surface area contributed by atoms with E-state index in [2.05, 4.69) is 31.4 Å². The predicted octanol–water partition coefficient (Wildman–Crippen LogP) is 5.95. The van der Waals surface area contributed by atoms with Gasteiger partial charge in [-0.25, -0.2) is 14.8 Å². The number of amides is 1. The zero-order chi connectivity index (χ0) is 24.6. The molecule has 1 N–H and O–H groups in total. The van der Waals surface area contributed by atoms with E-state index < -0.39 is 0 Å². The Kier molecular flexibility index (Phi) is 8.38. The zero-order valence-corrected chi connectivity index (χ0v) is 21.1. The summed E-state index contributed by atoms with van der Waals surface area (Å²) in [4.78, 5) is 16.5. The van der Waals surface area contributed by atoms with Gasteiger partial charge in [0.2, 0.25) is 0 Å². The number of hydrazone groups is 1. The highest BCUT2D eigenvalue weighted by Gasteiger charge is 2.14. The molecule has 0 saturated heterocycles. The van der Waals surface area contributed by atoms with Crippen LogP contribution in [-0.2, 0) is 11.4 Å². The summed E-state index contributed by atoms with van der Waals surface area (Å²) in [5, 5.41) is 4.44. The lowest BCUT2D eigenvalue weighted by Crippen LogP contribution is -2.19. The molecule has 0 saturated carbocycles. The first-order chi connectivity index (χ1) is 17.0. The number of carbonyl (C=O) groups excluding carboxylic acids is 1. The molecule has 35 heavy (non-hydrogen) atoms. The maximum Gasteiger partial charge on any atom is 0.257 e. The van der Waals surface area contributed by atoms with Crippen LogP contribution < -0.4 is 14.9 Å². The van der Waals surface area contributed by atoms with Crippen molar-refractivity contribution in [2.45, 2.75) is 18.8 Å². The molecule has 0 radical (unpaired) electrons. The Morgan fingerprint density at radius 3 is 2.80 bits per heavy atom. The van der Waals surface area contributed by atoms with Gasteiger partial charge in [-0.15, -0.1) is 0 Å². The number of nitrogens with zero attached hydrogens (tertiary/aromatic N) is 2. The summed E-state index contributed by atoms with van der Waals surface area (Å²) in [5.41, 5.74) is 5.01. The summed E-state index contributed by atoms with van der Waals surface area (Å²) >= 11 is 4.66. The fourth-order valence-electron chi connectivity index (χ4n) is 3.08. The van der Waals surface area contributed by atoms with Crippen LogP contribution in [0.1, 0.15) is 18.1 Å². The van der Waals surface area contributed by atoms with Crippen LogP contribution in [0.2, 0.25) is 0 Å². The average molecular weight is 558 g/mol. The molecule has 4 aromatic rings. The molecule has 0 atom stereocenters. The topological polar surface area (TPSA) is 86.0 Å². The molecule has 1 amide bonds. The average Bonchev–Trinajstić information content (AvgIpc) is 3.27. The van der Waals surface area contributed by atoms with Crippen LogP contribution in [0.4, 0.5) is 4.39 Å². The largest absolute Gasteiger partial charge is 0.490 e. The number of aromatic nitrogens is 1. The Balaban J connectivity index is 1.36. The molecule has 7 nitrogen and oxygen atoms in total. The lowest BCUT2D eigenvalue weighted by atomic mass is 10.2. The van der Waals surface area contributed by atoms with Crippen LogP contribution in [0.5, 0.6) is 11.5 Å². The summed E-state index contributed by atoms with van der Waals surface area (Å²) in [7, 11) is 0. The molecule has 4 rings (SSSR count). The Morgan fingerprint density at radius 2 is 2.00 bits per heavy atom. The van der Waals surface area contributed by atoms with Crippen LogP contribution in [0.3, 0.4) is 0 Å². The molecule has 180 valence electrons. The van der Waals surface area contributed by atoms with E-state index in [0.29, 0.717) is 44.5 Å². The van der Waals surface area contributed by atoms with Crippen molar-refractivity contribution in [2.75, 3.05) is 12.4 Å². The standard InChI is InChI=1S/C25H21BrFN3O4S/c1-2-32-22-12-16(11-18(26)24(22)33-14-17-7-3-4-8-19(17)27)13-28-30-23(31)15-35-25-29-20-9-5-6-10-21(20)34-25/h3-13H,2,14-15H2,1H3,(H,30,31)/b28-13-. The van der Waals surface area contributed by atoms with E-state index in [-0.39, 0.29) is 24.1 Å². The molecule has 10 heteroatoms. The van der Waals surface area contributed by atoms with E-state index in [9.17, 15) is 9.18 Å². The van der Waals surface area contributed by atoms with Crippen molar-refractivity contribution in [3.8, 4) is 11.5 Å². The summed E-state index contributed by atoms with van der Waals surface area (Å²) in [6.45, 7) is 2.31. The van der Waals surface area contributed by atoms with E-state index in [1.807, 2.05) is 31.2 Å². The molecule has 0 aliphatic carbocycles. The summed E-state index contributed by atoms with van der Waals surface area (Å²) < 4.78 is 31.7. The molecular formula is C25H21BrFN3O4S. The maximum absolute atomic E-state index is 13.9. The van der Waals surface area contributed by atoms with Gasteiger partial charge in [-0.05, 0) is 58.7 Å². The van der Waals surface area contributed by atoms with E-state index in [1.54, 1.807) is 30.3 Å². The van der Waals surface area contributed by atoms with Gasteiger partial charge in [0.25, 0.3) is 11.1 Å². The lowest BCUT2D eigenvalue weighted by molar-refractivity contribution is -0.118. The van der Waals surface area contributed by atoms with Gasteiger partial charge in [0.15, 0.2) is 17.1 Å². The minimum Gasteiger partial charge on any atom is -0.490 e. The van der Waals surface area contributed by atoms with E-state index in [0.717, 1.165) is 5.52 Å². The predicted molar refractivity (Wildman–Crippen MR) is 137 cm³/mol. The molecule has 1 aromatic heterocycles. The number of rotatable bonds is 10. The monoisotopic (exact) mass is 557 g/mol. The minimum absolute atomic E-state index is 0.0482. The second kappa shape index (κ2) is 11.9. The number of hydrogen-bond donors (Lipinski definition) is 1. The maximum atomic E-state index is 13.9. The van der Waals surface area contributed by atoms with Crippen LogP contribution in [0.15, 0.2) is 79.9 Å². The van der Waals surface area contributed by atoms with Crippen LogP contribution in [-0.4, -0.2) is 29.5 Å². The fourth-order valence-corrected chi connectivity index (χ4v) is 4.29. The van der Waals surface area contributed by atoms with Crippen molar-refractivity contribution in [3.05, 3.63) is 82.1 Å². The number of carbonyl (C=O) groups is 1. The van der Waals surface area contributed by atoms with Crippen molar-refractivity contribution >= 4 is 50.9 Å². The number of ether oxygens (including phenoxy) is 2. The molecule has 3 aromatic carbocycles. The molecule has 0 aliphatic heterocycles. The zero-order valence-electron chi connectivity index (χ0n) is 18.7. The molecule has 0 aliphatic rings. The smallest absolute Gasteiger partial charge is 0.257 e. The first-order valence-corrected chi connectivity index (χ1v) is 12.4. The van der Waals surface area contributed by atoms with Gasteiger partial charge in [-0.1, -0.05) is 42.1 Å². The van der Waals surface area contributed by atoms with E-state index in [4.69, 9.17) is 13.9 Å². The Labute approximate surface area is 213 Å². The van der Waals surface area contributed by atoms with Crippen molar-refractivity contribution < 1.29 is 23.1 Å². The summed E-state index contributed by atoms with van der Waals surface area (Å²) in [6, 6.07) is 17.3. The Morgan fingerprint density at radius 1 is 1.20 bits per heavy atom. The Bertz CT molecular complexity index is 1330. The third-order valence-corrected chi connectivity index (χ3v) is 6.08. The summed E-state index contributed by atoms with van der Waals surface area (Å²) in [6.07, 6.45) is 1.50. The van der Waals surface area contributed by atoms with Crippen LogP contribution >= 0.6 is 27.7 Å². The van der Waals surface area contributed by atoms with Crippen molar-refractivity contribution in [2.24, 2.45) is 5.10 Å². The highest BCUT2D eigenvalue weighted by molar-refractivity contribution is 9.10. The first-order valence-electron chi connectivity index (χ1n) is 10.7. The fraction of sp³-hybridized carbons (Fsp3) is 0.160. The van der Waals surface area contributed by atoms with Crippen LogP contribution in [0, 0.1) is 5.82 Å². The number of halogens is 2. The van der Waals surface area contributed by atoms with Gasteiger partial charge in [-0.3, -0.25) is 4.79 Å². The van der Waals surface area contributed by atoms with E-state index in [1.165, 1.54) is 24.0 Å². The highest BCUT2D eigenvalue weighted by atomic mass is 79.9. The number of hydrogen-bond acceptors (Lipinski definition) is 7. The normalized spacial score (nSPS) is 11.2. The third kappa shape index (κ3) is 6.61. The second-order valence-corrected chi connectivity index (χ2v) is 8.95. The molecular weight excluding hydrogens is 537 g/mol. The SMILES string of the molecule is CCOc1cc(/C=N\NC(=O)CSc2nc3ccccc3o2)cc(Br)c1OCc1ccccc1F. The molecule has 0 spiro atoms. The van der Waals surface area contributed by atoms with Gasteiger partial charge in [0.1, 0.15) is 17.9 Å². The number of fused-ring (bicyclic) bond motifs is 1. The van der Waals surface area contributed by atoms with Gasteiger partial charge in [0, 0.05) is 5.56 Å². The number of nitrogens with one attached hydrogen (secondary N) is 1. The van der Waals surface area contributed by atoms with E-state index >= 15 is 0 Å². The number of oxazole rings is 1. The third-order valence-electron chi connectivity index (χ3n) is 4.67. The van der Waals surface area contributed by atoms with Gasteiger partial charge in [0.05, 0.1) is 23.0 Å². The molecule has 1 heterocycles. The molecule has 0 fully saturated rings. The summed E-state index contributed by atoms with van der Waals surface area (Å²) in [5.74, 6) is 0.377. The molecule has 0 unspecified atom stereocenters. The van der Waals surface area contributed by atoms with Crippen molar-refractivity contribution in [1.82, 2.24) is 10.4 Å². The van der Waals surface area contributed by atoms with Crippen molar-refractivity contribution in [3.63, 3.8) is 0 Å². The minimum atomic E-state index is -0.338. The lowest BCUT2D eigenvalue weighted by Gasteiger charge is -2.15. The van der Waals surface area contributed by atoms with Gasteiger partial charge in [-0.2, -0.15) is 5.10 Å². The number of thioether (sulfide) groups is 1. The number of para-hydroxylation sites is 2. The quantitative estimate of drug-likeness (QED) is 0.147. The first kappa shape index (κ1) is 24.7. The van der Waals surface area contributed by atoms with Gasteiger partial charge < -0.3 is 13.9 Å². The van der Waals surface area contributed by atoms with Crippen molar-refractivity contribution in [1.29, 1.82) is 0 Å². The van der Waals surface area contributed by atoms with Gasteiger partial charge >= 0.3 is 0 Å². The highest BCUT2D eigenvalue weighted by Crippen LogP contribution is 2.37. The molecule has 0 bridgehead atoms. The Hall–Kier alpha value is -3.37.